The van der Waals surface area contributed by atoms with Crippen LogP contribution >= 0.6 is 0 Å². The first-order valence-corrected chi connectivity index (χ1v) is 10.2. The number of hydrogen-bond donors (Lipinski definition) is 0. The second-order valence-corrected chi connectivity index (χ2v) is 7.51. The van der Waals surface area contributed by atoms with Gasteiger partial charge in [0.2, 0.25) is 5.95 Å². The van der Waals surface area contributed by atoms with Crippen molar-refractivity contribution < 1.29 is 18.0 Å². The number of fused-ring (bicyclic) bond motifs is 1. The highest BCUT2D eigenvalue weighted by Crippen LogP contribution is 2.33. The molecule has 11 heteroatoms. The Morgan fingerprint density at radius 3 is 2.30 bits per heavy atom. The number of carbonyl (C=O) groups excluding carboxylic acids is 1. The fourth-order valence-corrected chi connectivity index (χ4v) is 3.81. The normalized spacial score (nSPS) is 14.6. The van der Waals surface area contributed by atoms with Gasteiger partial charge in [-0.2, -0.15) is 18.3 Å². The number of alkyl halides is 3. The average molecular weight is 453 g/mol. The SMILES string of the molecule is O=C(c1cnn2c(C(F)(F)F)cc(-c3ccccc3)nc12)N1CCN(c2ncccn2)CC1. The minimum Gasteiger partial charge on any atom is -0.337 e. The van der Waals surface area contributed by atoms with Crippen LogP contribution in [-0.4, -0.2) is 61.6 Å². The lowest BCUT2D eigenvalue weighted by Crippen LogP contribution is -2.49. The molecule has 4 heterocycles. The third-order valence-electron chi connectivity index (χ3n) is 5.46. The monoisotopic (exact) mass is 453 g/mol. The average Bonchev–Trinajstić information content (AvgIpc) is 3.27. The zero-order valence-corrected chi connectivity index (χ0v) is 17.3. The topological polar surface area (TPSA) is 79.5 Å². The summed E-state index contributed by atoms with van der Waals surface area (Å²) in [5.41, 5.74) is -0.445. The number of halogens is 3. The van der Waals surface area contributed by atoms with Gasteiger partial charge in [-0.15, -0.1) is 0 Å². The zero-order valence-electron chi connectivity index (χ0n) is 17.3. The first-order valence-electron chi connectivity index (χ1n) is 10.2. The van der Waals surface area contributed by atoms with E-state index >= 15 is 0 Å². The van der Waals surface area contributed by atoms with E-state index in [2.05, 4.69) is 20.1 Å². The Bertz CT molecular complexity index is 1280. The molecule has 0 bridgehead atoms. The maximum Gasteiger partial charge on any atom is 0.433 e. The molecule has 0 aliphatic carbocycles. The van der Waals surface area contributed by atoms with Crippen molar-refractivity contribution in [2.75, 3.05) is 31.1 Å². The summed E-state index contributed by atoms with van der Waals surface area (Å²) < 4.78 is 42.0. The predicted octanol–water partition coefficient (Wildman–Crippen LogP) is 3.17. The summed E-state index contributed by atoms with van der Waals surface area (Å²) in [6.45, 7) is 1.76. The van der Waals surface area contributed by atoms with Crippen molar-refractivity contribution in [2.45, 2.75) is 6.18 Å². The summed E-state index contributed by atoms with van der Waals surface area (Å²) in [6.07, 6.45) is -0.222. The lowest BCUT2D eigenvalue weighted by molar-refractivity contribution is -0.142. The first-order chi connectivity index (χ1) is 15.9. The minimum absolute atomic E-state index is 0.0303. The molecule has 5 rings (SSSR count). The molecule has 0 saturated carbocycles. The van der Waals surface area contributed by atoms with E-state index in [1.807, 2.05) is 4.90 Å². The number of rotatable bonds is 3. The van der Waals surface area contributed by atoms with Gasteiger partial charge in [0.1, 0.15) is 5.56 Å². The second kappa shape index (κ2) is 8.15. The van der Waals surface area contributed by atoms with Crippen molar-refractivity contribution >= 4 is 17.5 Å². The van der Waals surface area contributed by atoms with Crippen LogP contribution in [0.15, 0.2) is 61.1 Å². The van der Waals surface area contributed by atoms with E-state index in [-0.39, 0.29) is 16.9 Å². The van der Waals surface area contributed by atoms with Gasteiger partial charge in [0.05, 0.1) is 11.9 Å². The molecule has 1 aliphatic heterocycles. The number of aromatic nitrogens is 5. The highest BCUT2D eigenvalue weighted by atomic mass is 19.4. The van der Waals surface area contributed by atoms with Gasteiger partial charge >= 0.3 is 6.18 Å². The van der Waals surface area contributed by atoms with Crippen LogP contribution in [0.3, 0.4) is 0 Å². The quantitative estimate of drug-likeness (QED) is 0.474. The van der Waals surface area contributed by atoms with Gasteiger partial charge in [-0.25, -0.2) is 19.5 Å². The Morgan fingerprint density at radius 2 is 1.64 bits per heavy atom. The largest absolute Gasteiger partial charge is 0.433 e. The highest BCUT2D eigenvalue weighted by molar-refractivity contribution is 6.00. The molecule has 168 valence electrons. The summed E-state index contributed by atoms with van der Waals surface area (Å²) >= 11 is 0. The van der Waals surface area contributed by atoms with E-state index in [9.17, 15) is 18.0 Å². The van der Waals surface area contributed by atoms with E-state index in [0.717, 1.165) is 12.3 Å². The summed E-state index contributed by atoms with van der Waals surface area (Å²) in [6, 6.07) is 11.2. The Kier molecular flexibility index (Phi) is 5.15. The molecule has 1 saturated heterocycles. The highest BCUT2D eigenvalue weighted by Gasteiger charge is 2.36. The van der Waals surface area contributed by atoms with Crippen molar-refractivity contribution in [3.05, 3.63) is 72.3 Å². The summed E-state index contributed by atoms with van der Waals surface area (Å²) in [7, 11) is 0. The number of nitrogens with zero attached hydrogens (tertiary/aromatic N) is 7. The molecule has 0 unspecified atom stereocenters. The van der Waals surface area contributed by atoms with Crippen LogP contribution < -0.4 is 4.90 Å². The molecule has 4 aromatic rings. The van der Waals surface area contributed by atoms with Gasteiger partial charge < -0.3 is 9.80 Å². The van der Waals surface area contributed by atoms with Crippen LogP contribution in [0.2, 0.25) is 0 Å². The van der Waals surface area contributed by atoms with E-state index in [0.29, 0.717) is 42.2 Å². The van der Waals surface area contributed by atoms with Crippen molar-refractivity contribution in [2.24, 2.45) is 0 Å². The smallest absolute Gasteiger partial charge is 0.337 e. The maximum absolute atomic E-state index is 13.8. The van der Waals surface area contributed by atoms with E-state index < -0.39 is 17.8 Å². The van der Waals surface area contributed by atoms with Gasteiger partial charge in [0.25, 0.3) is 5.91 Å². The number of piperazine rings is 1. The minimum atomic E-state index is -4.67. The first kappa shape index (κ1) is 20.9. The summed E-state index contributed by atoms with van der Waals surface area (Å²) in [5, 5.41) is 3.85. The molecule has 33 heavy (non-hydrogen) atoms. The fraction of sp³-hybridized carbons (Fsp3) is 0.227. The van der Waals surface area contributed by atoms with Gasteiger partial charge in [-0.1, -0.05) is 30.3 Å². The van der Waals surface area contributed by atoms with E-state index in [1.54, 1.807) is 53.7 Å². The Balaban J connectivity index is 1.48. The summed E-state index contributed by atoms with van der Waals surface area (Å²) in [4.78, 5) is 29.6. The van der Waals surface area contributed by atoms with Crippen LogP contribution in [0.4, 0.5) is 19.1 Å². The van der Waals surface area contributed by atoms with Crippen molar-refractivity contribution in [3.8, 4) is 11.3 Å². The third kappa shape index (κ3) is 3.97. The molecule has 8 nitrogen and oxygen atoms in total. The standard InChI is InChI=1S/C22H18F3N7O/c23-22(24,25)18-13-17(15-5-2-1-3-6-15)29-19-16(14-28-32(18)19)20(33)30-9-11-31(12-10-30)21-26-7-4-8-27-21/h1-8,13-14H,9-12H2. The van der Waals surface area contributed by atoms with Crippen LogP contribution in [0.5, 0.6) is 0 Å². The Morgan fingerprint density at radius 1 is 0.939 bits per heavy atom. The third-order valence-corrected chi connectivity index (χ3v) is 5.46. The number of benzene rings is 1. The van der Waals surface area contributed by atoms with Gasteiger partial charge in [-0.05, 0) is 12.1 Å². The van der Waals surface area contributed by atoms with Crippen LogP contribution in [0, 0.1) is 0 Å². The molecule has 1 amide bonds. The number of hydrogen-bond acceptors (Lipinski definition) is 6. The maximum atomic E-state index is 13.8. The Labute approximate surface area is 186 Å². The van der Waals surface area contributed by atoms with Crippen LogP contribution in [-0.2, 0) is 6.18 Å². The molecule has 3 aromatic heterocycles. The number of carbonyl (C=O) groups is 1. The lowest BCUT2D eigenvalue weighted by Gasteiger charge is -2.34. The fourth-order valence-electron chi connectivity index (χ4n) is 3.81. The van der Waals surface area contributed by atoms with Crippen LogP contribution in [0.25, 0.3) is 16.9 Å². The van der Waals surface area contributed by atoms with Crippen LogP contribution in [0.1, 0.15) is 16.1 Å². The molecule has 0 spiro atoms. The molecule has 0 N–H and O–H groups in total. The lowest BCUT2D eigenvalue weighted by atomic mass is 10.1. The zero-order chi connectivity index (χ0) is 23.0. The molecule has 1 aromatic carbocycles. The summed E-state index contributed by atoms with van der Waals surface area (Å²) in [5.74, 6) is 0.161. The number of amides is 1. The van der Waals surface area contributed by atoms with Crippen molar-refractivity contribution in [3.63, 3.8) is 0 Å². The molecular formula is C22H18F3N7O. The van der Waals surface area contributed by atoms with E-state index in [1.165, 1.54) is 0 Å². The molecule has 1 aliphatic rings. The van der Waals surface area contributed by atoms with Gasteiger partial charge in [0.15, 0.2) is 11.3 Å². The van der Waals surface area contributed by atoms with E-state index in [4.69, 9.17) is 0 Å². The molecular weight excluding hydrogens is 435 g/mol. The van der Waals surface area contributed by atoms with Crippen molar-refractivity contribution in [1.29, 1.82) is 0 Å². The van der Waals surface area contributed by atoms with Gasteiger partial charge in [0, 0.05) is 44.1 Å². The van der Waals surface area contributed by atoms with Crippen molar-refractivity contribution in [1.82, 2.24) is 29.5 Å². The number of anilines is 1. The molecule has 0 atom stereocenters. The second-order valence-electron chi connectivity index (χ2n) is 7.51. The predicted molar refractivity (Wildman–Crippen MR) is 114 cm³/mol. The van der Waals surface area contributed by atoms with Gasteiger partial charge in [-0.3, -0.25) is 4.79 Å². The Hall–Kier alpha value is -4.02. The molecule has 1 fully saturated rings. The molecule has 0 radical (unpaired) electrons.